The molecule has 2 N–H and O–H groups in total. The van der Waals surface area contributed by atoms with Gasteiger partial charge in [0, 0.05) is 11.4 Å². The fraction of sp³-hybridized carbons (Fsp3) is 0.381. The molecule has 3 heteroatoms. The van der Waals surface area contributed by atoms with E-state index in [1.165, 1.54) is 16.7 Å². The number of carbonyl (C=O) groups is 1. The molecule has 1 atom stereocenters. The molecule has 2 aromatic carbocycles. The quantitative estimate of drug-likeness (QED) is 0.767. The van der Waals surface area contributed by atoms with Crippen LogP contribution < -0.4 is 10.6 Å². The van der Waals surface area contributed by atoms with Gasteiger partial charge in [0.1, 0.15) is 6.04 Å². The Balaban J connectivity index is 2.08. The number of rotatable bonds is 7. The normalized spacial score (nSPS) is 11.8. The Hall–Kier alpha value is -2.29. The fourth-order valence-corrected chi connectivity index (χ4v) is 2.78. The molecule has 0 saturated carbocycles. The van der Waals surface area contributed by atoms with Crippen LogP contribution >= 0.6 is 0 Å². The first-order valence-corrected chi connectivity index (χ1v) is 8.86. The first kappa shape index (κ1) is 18.1. The molecule has 0 aliphatic carbocycles. The van der Waals surface area contributed by atoms with Crippen LogP contribution in [0.2, 0.25) is 0 Å². The maximum Gasteiger partial charge on any atom is 0.246 e. The number of amides is 1. The molecule has 2 aromatic rings. The van der Waals surface area contributed by atoms with Crippen molar-refractivity contribution in [2.45, 2.75) is 53.0 Å². The molecular weight excluding hydrogens is 296 g/mol. The van der Waals surface area contributed by atoms with Crippen molar-refractivity contribution >= 4 is 17.3 Å². The Labute approximate surface area is 145 Å². The molecule has 0 bridgehead atoms. The Morgan fingerprint density at radius 2 is 1.50 bits per heavy atom. The van der Waals surface area contributed by atoms with Gasteiger partial charge in [-0.2, -0.15) is 0 Å². The van der Waals surface area contributed by atoms with Crippen LogP contribution in [0.1, 0.15) is 44.4 Å². The molecule has 128 valence electrons. The molecule has 0 aromatic heterocycles. The van der Waals surface area contributed by atoms with Gasteiger partial charge in [0.15, 0.2) is 0 Å². The molecule has 0 aliphatic rings. The number of nitrogens with one attached hydrogen (secondary N) is 2. The Morgan fingerprint density at radius 3 is 2.00 bits per heavy atom. The van der Waals surface area contributed by atoms with Gasteiger partial charge < -0.3 is 10.6 Å². The molecule has 0 saturated heterocycles. The average molecular weight is 324 g/mol. The van der Waals surface area contributed by atoms with E-state index in [1.54, 1.807) is 0 Å². The van der Waals surface area contributed by atoms with Crippen LogP contribution in [0.5, 0.6) is 0 Å². The van der Waals surface area contributed by atoms with Crippen LogP contribution in [0.4, 0.5) is 11.4 Å². The van der Waals surface area contributed by atoms with Crippen molar-refractivity contribution in [1.29, 1.82) is 0 Å². The van der Waals surface area contributed by atoms with Gasteiger partial charge in [-0.3, -0.25) is 4.79 Å². The van der Waals surface area contributed by atoms with Gasteiger partial charge in [-0.25, -0.2) is 0 Å². The summed E-state index contributed by atoms with van der Waals surface area (Å²) in [4.78, 5) is 12.5. The third-order valence-electron chi connectivity index (χ3n) is 4.38. The number of benzene rings is 2. The van der Waals surface area contributed by atoms with Crippen LogP contribution in [0.15, 0.2) is 42.5 Å². The lowest BCUT2D eigenvalue weighted by Gasteiger charge is -2.20. The van der Waals surface area contributed by atoms with Crippen LogP contribution in [0, 0.1) is 0 Å². The third-order valence-corrected chi connectivity index (χ3v) is 4.38. The molecule has 1 amide bonds. The highest BCUT2D eigenvalue weighted by molar-refractivity contribution is 5.96. The van der Waals surface area contributed by atoms with Gasteiger partial charge >= 0.3 is 0 Å². The minimum Gasteiger partial charge on any atom is -0.373 e. The maximum atomic E-state index is 12.5. The molecule has 0 radical (unpaired) electrons. The highest BCUT2D eigenvalue weighted by atomic mass is 16.2. The van der Waals surface area contributed by atoms with E-state index in [1.807, 2.05) is 19.1 Å². The predicted octanol–water partition coefficient (Wildman–Crippen LogP) is 4.81. The summed E-state index contributed by atoms with van der Waals surface area (Å²) in [5, 5.41) is 6.40. The highest BCUT2D eigenvalue weighted by Gasteiger charge is 2.16. The lowest BCUT2D eigenvalue weighted by Crippen LogP contribution is -2.32. The summed E-state index contributed by atoms with van der Waals surface area (Å²) in [5.74, 6) is -0.0211. The zero-order valence-corrected chi connectivity index (χ0v) is 15.1. The van der Waals surface area contributed by atoms with E-state index in [2.05, 4.69) is 61.7 Å². The lowest BCUT2D eigenvalue weighted by atomic mass is 10.0. The number of hydrogen-bond donors (Lipinski definition) is 2. The topological polar surface area (TPSA) is 41.1 Å². The zero-order valence-electron chi connectivity index (χ0n) is 15.1. The second-order valence-corrected chi connectivity index (χ2v) is 6.06. The smallest absolute Gasteiger partial charge is 0.246 e. The van der Waals surface area contributed by atoms with Gasteiger partial charge in [0.05, 0.1) is 0 Å². The van der Waals surface area contributed by atoms with Gasteiger partial charge in [-0.05, 0) is 55.0 Å². The standard InChI is InChI=1S/C21H28N2O/c1-5-16-11-13-19(14-12-16)23-21(24)15(4)22-20-17(6-2)9-8-10-18(20)7-3/h8-15,22H,5-7H2,1-4H3,(H,23,24). The second kappa shape index (κ2) is 8.53. The van der Waals surface area contributed by atoms with E-state index in [0.717, 1.165) is 30.6 Å². The van der Waals surface area contributed by atoms with Gasteiger partial charge in [-0.1, -0.05) is 51.1 Å². The number of carbonyl (C=O) groups excluding carboxylic acids is 1. The van der Waals surface area contributed by atoms with Crippen molar-refractivity contribution in [1.82, 2.24) is 0 Å². The largest absolute Gasteiger partial charge is 0.373 e. The first-order valence-electron chi connectivity index (χ1n) is 8.86. The van der Waals surface area contributed by atoms with Crippen LogP contribution in [0.25, 0.3) is 0 Å². The molecule has 2 rings (SSSR count). The number of aryl methyl sites for hydroxylation is 3. The Kier molecular flexibility index (Phi) is 6.42. The average Bonchev–Trinajstić information content (AvgIpc) is 2.62. The molecule has 0 spiro atoms. The second-order valence-electron chi connectivity index (χ2n) is 6.06. The molecule has 0 aliphatic heterocycles. The third kappa shape index (κ3) is 4.38. The van der Waals surface area contributed by atoms with E-state index >= 15 is 0 Å². The summed E-state index contributed by atoms with van der Waals surface area (Å²) in [6.45, 7) is 8.30. The summed E-state index contributed by atoms with van der Waals surface area (Å²) >= 11 is 0. The molecule has 0 heterocycles. The minimum atomic E-state index is -0.297. The number of para-hydroxylation sites is 1. The molecule has 24 heavy (non-hydrogen) atoms. The lowest BCUT2D eigenvalue weighted by molar-refractivity contribution is -0.116. The number of anilines is 2. The SMILES string of the molecule is CCc1ccc(NC(=O)C(C)Nc2c(CC)cccc2CC)cc1. The van der Waals surface area contributed by atoms with E-state index in [0.29, 0.717) is 0 Å². The van der Waals surface area contributed by atoms with E-state index in [9.17, 15) is 4.79 Å². The summed E-state index contributed by atoms with van der Waals surface area (Å²) < 4.78 is 0. The minimum absolute atomic E-state index is 0.0211. The van der Waals surface area contributed by atoms with Crippen molar-refractivity contribution < 1.29 is 4.79 Å². The van der Waals surface area contributed by atoms with E-state index in [-0.39, 0.29) is 11.9 Å². The highest BCUT2D eigenvalue weighted by Crippen LogP contribution is 2.23. The van der Waals surface area contributed by atoms with Crippen LogP contribution in [0.3, 0.4) is 0 Å². The maximum absolute atomic E-state index is 12.5. The van der Waals surface area contributed by atoms with Gasteiger partial charge in [0.25, 0.3) is 0 Å². The van der Waals surface area contributed by atoms with Crippen molar-refractivity contribution in [3.63, 3.8) is 0 Å². The van der Waals surface area contributed by atoms with Crippen molar-refractivity contribution in [3.8, 4) is 0 Å². The predicted molar refractivity (Wildman–Crippen MR) is 103 cm³/mol. The van der Waals surface area contributed by atoms with Crippen molar-refractivity contribution in [2.75, 3.05) is 10.6 Å². The Bertz CT molecular complexity index is 654. The molecule has 1 unspecified atom stereocenters. The Morgan fingerprint density at radius 1 is 0.917 bits per heavy atom. The molecular formula is C21H28N2O. The van der Waals surface area contributed by atoms with Crippen molar-refractivity contribution in [3.05, 3.63) is 59.2 Å². The van der Waals surface area contributed by atoms with E-state index in [4.69, 9.17) is 0 Å². The van der Waals surface area contributed by atoms with Crippen LogP contribution in [-0.2, 0) is 24.1 Å². The van der Waals surface area contributed by atoms with Crippen LogP contribution in [-0.4, -0.2) is 11.9 Å². The molecule has 3 nitrogen and oxygen atoms in total. The van der Waals surface area contributed by atoms with Gasteiger partial charge in [-0.15, -0.1) is 0 Å². The summed E-state index contributed by atoms with van der Waals surface area (Å²) in [6.07, 6.45) is 2.89. The monoisotopic (exact) mass is 324 g/mol. The summed E-state index contributed by atoms with van der Waals surface area (Å²) in [7, 11) is 0. The van der Waals surface area contributed by atoms with E-state index < -0.39 is 0 Å². The summed E-state index contributed by atoms with van der Waals surface area (Å²) in [6, 6.07) is 14.1. The van der Waals surface area contributed by atoms with Gasteiger partial charge in [0.2, 0.25) is 5.91 Å². The zero-order chi connectivity index (χ0) is 17.5. The fourth-order valence-electron chi connectivity index (χ4n) is 2.78. The first-order chi connectivity index (χ1) is 11.6. The molecule has 0 fully saturated rings. The number of hydrogen-bond acceptors (Lipinski definition) is 2. The summed E-state index contributed by atoms with van der Waals surface area (Å²) in [5.41, 5.74) is 5.71. The van der Waals surface area contributed by atoms with Crippen molar-refractivity contribution in [2.24, 2.45) is 0 Å².